The molecule has 1 fully saturated rings. The molecule has 1 heterocycles. The molecular weight excluding hydrogens is 218 g/mol. The van der Waals surface area contributed by atoms with E-state index < -0.39 is 30.9 Å². The van der Waals surface area contributed by atoms with Crippen LogP contribution >= 0.6 is 0 Å². The Morgan fingerprint density at radius 2 is 1.07 bits per heavy atom. The van der Waals surface area contributed by atoms with Gasteiger partial charge >= 0.3 is 12.4 Å². The maximum Gasteiger partial charge on any atom is 0.417 e. The Labute approximate surface area is 74.8 Å². The number of alkyl halides is 6. The van der Waals surface area contributed by atoms with Gasteiger partial charge in [0.1, 0.15) is 0 Å². The summed E-state index contributed by atoms with van der Waals surface area (Å²) in [6.45, 7) is 0.977. The molecule has 84 valence electrons. The zero-order valence-corrected chi connectivity index (χ0v) is 6.82. The van der Waals surface area contributed by atoms with E-state index in [1.54, 1.807) is 0 Å². The van der Waals surface area contributed by atoms with Crippen LogP contribution in [0.25, 0.3) is 0 Å². The minimum atomic E-state index is -5.08. The van der Waals surface area contributed by atoms with Crippen molar-refractivity contribution < 1.29 is 35.8 Å². The van der Waals surface area contributed by atoms with Crippen LogP contribution in [0, 0.1) is 0 Å². The van der Waals surface area contributed by atoms with Crippen LogP contribution in [0.3, 0.4) is 0 Å². The van der Waals surface area contributed by atoms with Crippen molar-refractivity contribution in [3.8, 4) is 0 Å². The van der Waals surface area contributed by atoms with Crippen LogP contribution in [0.2, 0.25) is 0 Å². The summed E-state index contributed by atoms with van der Waals surface area (Å²) in [4.78, 5) is 0. The normalized spacial score (nSPS) is 34.9. The molecule has 0 N–H and O–H groups in total. The summed E-state index contributed by atoms with van der Waals surface area (Å²) in [7, 11) is 0. The van der Waals surface area contributed by atoms with Crippen LogP contribution < -0.4 is 0 Å². The van der Waals surface area contributed by atoms with E-state index in [1.165, 1.54) is 0 Å². The van der Waals surface area contributed by atoms with Crippen molar-refractivity contribution in [1.82, 2.24) is 0 Å². The summed E-state index contributed by atoms with van der Waals surface area (Å²) in [5, 5.41) is 0. The Hall–Kier alpha value is -0.500. The first-order chi connectivity index (χ1) is 6.12. The van der Waals surface area contributed by atoms with Crippen LogP contribution in [0.5, 0.6) is 0 Å². The van der Waals surface area contributed by atoms with Crippen molar-refractivity contribution in [3.63, 3.8) is 0 Å². The molecule has 8 heteroatoms. The first-order valence-electron chi connectivity index (χ1n) is 3.56. The summed E-state index contributed by atoms with van der Waals surface area (Å²) in [5.74, 6) is 0. The van der Waals surface area contributed by atoms with Gasteiger partial charge in [-0.25, -0.2) is 0 Å². The number of hydrogen-bond donors (Lipinski definition) is 0. The van der Waals surface area contributed by atoms with E-state index in [-0.39, 0.29) is 0 Å². The maximum absolute atomic E-state index is 12.0. The molecule has 1 aliphatic rings. The molecule has 0 radical (unpaired) electrons. The Morgan fingerprint density at radius 3 is 1.29 bits per heavy atom. The molecule has 1 rings (SSSR count). The molecule has 2 nitrogen and oxygen atoms in total. The summed E-state index contributed by atoms with van der Waals surface area (Å²) >= 11 is 0. The number of ether oxygens (including phenoxy) is 2. The van der Waals surface area contributed by atoms with Crippen LogP contribution in [-0.4, -0.2) is 30.9 Å². The van der Waals surface area contributed by atoms with Crippen LogP contribution in [-0.2, 0) is 9.47 Å². The van der Waals surface area contributed by atoms with Crippen molar-refractivity contribution in [1.29, 1.82) is 0 Å². The van der Waals surface area contributed by atoms with Crippen LogP contribution in [0.15, 0.2) is 0 Å². The Bertz CT molecular complexity index is 187. The lowest BCUT2D eigenvalue weighted by atomic mass is 10.2. The monoisotopic (exact) mass is 224 g/mol. The van der Waals surface area contributed by atoms with Gasteiger partial charge in [0.05, 0.1) is 0 Å². The van der Waals surface area contributed by atoms with Crippen molar-refractivity contribution in [2.24, 2.45) is 0 Å². The third-order valence-corrected chi connectivity index (χ3v) is 1.60. The van der Waals surface area contributed by atoms with E-state index >= 15 is 0 Å². The molecule has 0 bridgehead atoms. The minimum absolute atomic E-state index is 0.977. The van der Waals surface area contributed by atoms with Gasteiger partial charge in [-0.3, -0.25) is 0 Å². The average Bonchev–Trinajstić information content (AvgIpc) is 2.27. The van der Waals surface area contributed by atoms with Gasteiger partial charge in [-0.05, 0) is 6.92 Å². The number of rotatable bonds is 0. The largest absolute Gasteiger partial charge is 0.417 e. The molecule has 2 atom stereocenters. The fourth-order valence-corrected chi connectivity index (χ4v) is 1.09. The van der Waals surface area contributed by atoms with E-state index in [2.05, 4.69) is 9.47 Å². The van der Waals surface area contributed by atoms with Crippen molar-refractivity contribution in [3.05, 3.63) is 0 Å². The van der Waals surface area contributed by atoms with E-state index in [0.717, 1.165) is 6.92 Å². The van der Waals surface area contributed by atoms with Gasteiger partial charge in [-0.1, -0.05) is 0 Å². The molecule has 14 heavy (non-hydrogen) atoms. The molecular formula is C6H6F6O2. The highest BCUT2D eigenvalue weighted by molar-refractivity contribution is 4.87. The fraction of sp³-hybridized carbons (Fsp3) is 1.00. The van der Waals surface area contributed by atoms with Crippen LogP contribution in [0.4, 0.5) is 26.3 Å². The highest BCUT2D eigenvalue weighted by Gasteiger charge is 2.61. The molecule has 1 aliphatic heterocycles. The first kappa shape index (κ1) is 11.6. The highest BCUT2D eigenvalue weighted by atomic mass is 19.4. The molecule has 2 unspecified atom stereocenters. The van der Waals surface area contributed by atoms with E-state index in [0.29, 0.717) is 0 Å². The summed E-state index contributed by atoms with van der Waals surface area (Å²) in [6.07, 6.45) is -17.5. The second-order valence-electron chi connectivity index (χ2n) is 2.76. The van der Waals surface area contributed by atoms with Gasteiger partial charge < -0.3 is 9.47 Å². The zero-order chi connectivity index (χ0) is 11.1. The van der Waals surface area contributed by atoms with Crippen molar-refractivity contribution in [2.45, 2.75) is 37.8 Å². The highest BCUT2D eigenvalue weighted by Crippen LogP contribution is 2.40. The summed E-state index contributed by atoms with van der Waals surface area (Å²) in [6, 6.07) is 0. The predicted molar refractivity (Wildman–Crippen MR) is 31.3 cm³/mol. The quantitative estimate of drug-likeness (QED) is 0.587. The second kappa shape index (κ2) is 3.27. The minimum Gasteiger partial charge on any atom is -0.337 e. The Balaban J connectivity index is 2.84. The predicted octanol–water partition coefficient (Wildman–Crippen LogP) is 2.24. The molecule has 1 saturated heterocycles. The van der Waals surface area contributed by atoms with Gasteiger partial charge in [0.25, 0.3) is 0 Å². The van der Waals surface area contributed by atoms with Gasteiger partial charge in [-0.2, -0.15) is 26.3 Å². The molecule has 0 aromatic rings. The molecule has 0 aliphatic carbocycles. The standard InChI is InChI=1S/C6H6F6O2/c1-2-13-3(5(7,8)9)4(14-2)6(10,11)12/h2-4H,1H3. The Kier molecular flexibility index (Phi) is 2.70. The van der Waals surface area contributed by atoms with Gasteiger partial charge in [0, 0.05) is 0 Å². The zero-order valence-electron chi connectivity index (χ0n) is 6.82. The van der Waals surface area contributed by atoms with E-state index in [4.69, 9.17) is 0 Å². The van der Waals surface area contributed by atoms with E-state index in [1.807, 2.05) is 0 Å². The van der Waals surface area contributed by atoms with Gasteiger partial charge in [0.15, 0.2) is 18.5 Å². The first-order valence-corrected chi connectivity index (χ1v) is 3.56. The van der Waals surface area contributed by atoms with Crippen LogP contribution in [0.1, 0.15) is 6.92 Å². The van der Waals surface area contributed by atoms with E-state index in [9.17, 15) is 26.3 Å². The van der Waals surface area contributed by atoms with Gasteiger partial charge in [0.2, 0.25) is 0 Å². The van der Waals surface area contributed by atoms with Gasteiger partial charge in [-0.15, -0.1) is 0 Å². The summed E-state index contributed by atoms with van der Waals surface area (Å²) < 4.78 is 80.1. The topological polar surface area (TPSA) is 18.5 Å². The average molecular weight is 224 g/mol. The van der Waals surface area contributed by atoms with Crippen molar-refractivity contribution >= 4 is 0 Å². The lowest BCUT2D eigenvalue weighted by molar-refractivity contribution is -0.260. The molecule has 0 aromatic carbocycles. The van der Waals surface area contributed by atoms with Crippen molar-refractivity contribution in [2.75, 3.05) is 0 Å². The number of hydrogen-bond acceptors (Lipinski definition) is 2. The lowest BCUT2D eigenvalue weighted by Crippen LogP contribution is -2.45. The Morgan fingerprint density at radius 1 is 0.786 bits per heavy atom. The molecule has 0 aromatic heterocycles. The smallest absolute Gasteiger partial charge is 0.337 e. The second-order valence-corrected chi connectivity index (χ2v) is 2.76. The maximum atomic E-state index is 12.0. The SMILES string of the molecule is CC1OC(C(F)(F)F)C(C(F)(F)F)O1. The molecule has 0 spiro atoms. The molecule has 0 amide bonds. The third-order valence-electron chi connectivity index (χ3n) is 1.60. The number of halogens is 6. The lowest BCUT2D eigenvalue weighted by Gasteiger charge is -2.21. The third kappa shape index (κ3) is 2.30. The summed E-state index contributed by atoms with van der Waals surface area (Å²) in [5.41, 5.74) is 0. The fourth-order valence-electron chi connectivity index (χ4n) is 1.09. The molecule has 0 saturated carbocycles.